The van der Waals surface area contributed by atoms with Crippen molar-refractivity contribution < 1.29 is 28.2 Å². The molecule has 0 unspecified atom stereocenters. The highest BCUT2D eigenvalue weighted by Crippen LogP contribution is 2.33. The van der Waals surface area contributed by atoms with Crippen molar-refractivity contribution in [3.8, 4) is 11.5 Å². The molecule has 0 saturated carbocycles. The summed E-state index contributed by atoms with van der Waals surface area (Å²) in [6, 6.07) is 14.4. The molecule has 192 valence electrons. The summed E-state index contributed by atoms with van der Waals surface area (Å²) < 4.78 is 25.4. The summed E-state index contributed by atoms with van der Waals surface area (Å²) in [4.78, 5) is 36.3. The Labute approximate surface area is 226 Å². The van der Waals surface area contributed by atoms with Crippen LogP contribution in [-0.2, 0) is 14.4 Å². The Hall–Kier alpha value is -4.00. The lowest BCUT2D eigenvalue weighted by Crippen LogP contribution is -2.32. The summed E-state index contributed by atoms with van der Waals surface area (Å²) in [6.45, 7) is 3.65. The first-order valence-electron chi connectivity index (χ1n) is 10.9. The lowest BCUT2D eigenvalue weighted by Gasteiger charge is -2.14. The van der Waals surface area contributed by atoms with Gasteiger partial charge < -0.3 is 20.1 Å². The van der Waals surface area contributed by atoms with Gasteiger partial charge in [-0.2, -0.15) is 5.10 Å². The van der Waals surface area contributed by atoms with E-state index in [1.165, 1.54) is 31.5 Å². The Morgan fingerprint density at radius 2 is 1.73 bits per heavy atom. The van der Waals surface area contributed by atoms with Gasteiger partial charge in [0.1, 0.15) is 5.82 Å². The van der Waals surface area contributed by atoms with Gasteiger partial charge >= 0.3 is 11.8 Å². The van der Waals surface area contributed by atoms with Crippen LogP contribution in [0.5, 0.6) is 11.5 Å². The number of methoxy groups -OCH3 is 1. The third kappa shape index (κ3) is 7.49. The minimum absolute atomic E-state index is 0.121. The van der Waals surface area contributed by atoms with Crippen LogP contribution in [-0.4, -0.2) is 37.7 Å². The first-order chi connectivity index (χ1) is 17.7. The van der Waals surface area contributed by atoms with Gasteiger partial charge in [-0.1, -0.05) is 24.3 Å². The second-order valence-electron chi connectivity index (χ2n) is 7.75. The number of carbonyl (C=O) groups is 3. The summed E-state index contributed by atoms with van der Waals surface area (Å²) in [7, 11) is 1.45. The average molecular weight is 618 g/mol. The maximum absolute atomic E-state index is 13.6. The van der Waals surface area contributed by atoms with Gasteiger partial charge in [-0.25, -0.2) is 9.82 Å². The molecular weight excluding hydrogens is 594 g/mol. The highest BCUT2D eigenvalue weighted by atomic mass is 127. The number of halogens is 2. The molecule has 37 heavy (non-hydrogen) atoms. The van der Waals surface area contributed by atoms with E-state index in [1.807, 2.05) is 54.6 Å². The van der Waals surface area contributed by atoms with E-state index in [1.54, 1.807) is 12.1 Å². The fourth-order valence-electron chi connectivity index (χ4n) is 3.12. The molecule has 0 spiro atoms. The molecule has 0 aliphatic rings. The number of ether oxygens (including phenoxy) is 2. The summed E-state index contributed by atoms with van der Waals surface area (Å²) in [5.41, 5.74) is 5.25. The monoisotopic (exact) mass is 618 g/mol. The van der Waals surface area contributed by atoms with Crippen molar-refractivity contribution in [2.75, 3.05) is 24.4 Å². The molecule has 0 atom stereocenters. The molecule has 0 aliphatic carbocycles. The number of hydrogen-bond acceptors (Lipinski definition) is 6. The molecule has 0 aromatic heterocycles. The Morgan fingerprint density at radius 3 is 2.46 bits per heavy atom. The van der Waals surface area contributed by atoms with Gasteiger partial charge in [-0.05, 0) is 83.5 Å². The molecule has 3 N–H and O–H groups in total. The average Bonchev–Trinajstić information content (AvgIpc) is 2.87. The molecule has 9 nitrogen and oxygen atoms in total. The Morgan fingerprint density at radius 1 is 1.00 bits per heavy atom. The number of para-hydroxylation sites is 1. The summed E-state index contributed by atoms with van der Waals surface area (Å²) in [5, 5.41) is 8.77. The number of carbonyl (C=O) groups excluding carboxylic acids is 3. The number of amides is 3. The molecule has 3 rings (SSSR count). The molecule has 0 aliphatic heterocycles. The zero-order chi connectivity index (χ0) is 26.9. The van der Waals surface area contributed by atoms with Crippen LogP contribution < -0.4 is 25.5 Å². The second kappa shape index (κ2) is 12.8. The fourth-order valence-corrected chi connectivity index (χ4v) is 3.90. The van der Waals surface area contributed by atoms with Gasteiger partial charge in [0.2, 0.25) is 0 Å². The van der Waals surface area contributed by atoms with Crippen molar-refractivity contribution in [3.63, 3.8) is 0 Å². The van der Waals surface area contributed by atoms with Gasteiger partial charge in [-0.15, -0.1) is 0 Å². The maximum atomic E-state index is 13.6. The van der Waals surface area contributed by atoms with Crippen LogP contribution in [0, 0.1) is 23.2 Å². The van der Waals surface area contributed by atoms with E-state index < -0.39 is 17.6 Å². The van der Waals surface area contributed by atoms with E-state index in [0.29, 0.717) is 26.3 Å². The zero-order valence-corrected chi connectivity index (χ0v) is 22.4. The summed E-state index contributed by atoms with van der Waals surface area (Å²) >= 11 is 2.02. The first-order valence-corrected chi connectivity index (χ1v) is 12.0. The van der Waals surface area contributed by atoms with E-state index in [0.717, 1.165) is 17.2 Å². The standard InChI is InChI=1S/C26H24FIN4O5/c1-15-7-6-10-20(16(15)2)30-23(33)14-37-24-19(28)11-17(12-22(24)36-3)13-29-32-26(35)25(34)31-21-9-5-4-8-18(21)27/h4-13H,14H2,1-3H3,(H,30,33)(H,31,34)(H,32,35)/b29-13-. The number of hydrogen-bond donors (Lipinski definition) is 3. The SMILES string of the molecule is COc1cc(/C=N\NC(=O)C(=O)Nc2ccccc2F)cc(I)c1OCC(=O)Nc1cccc(C)c1C. The molecule has 3 aromatic rings. The topological polar surface area (TPSA) is 118 Å². The minimum Gasteiger partial charge on any atom is -0.493 e. The third-order valence-electron chi connectivity index (χ3n) is 5.19. The number of nitrogens with one attached hydrogen (secondary N) is 3. The van der Waals surface area contributed by atoms with Crippen molar-refractivity contribution in [2.45, 2.75) is 13.8 Å². The van der Waals surface area contributed by atoms with Crippen molar-refractivity contribution in [1.29, 1.82) is 0 Å². The van der Waals surface area contributed by atoms with Crippen LogP contribution in [0.3, 0.4) is 0 Å². The first kappa shape index (κ1) is 27.6. The van der Waals surface area contributed by atoms with Crippen molar-refractivity contribution in [3.05, 3.63) is 80.7 Å². The Balaban J connectivity index is 1.60. The van der Waals surface area contributed by atoms with Gasteiger partial charge in [-0.3, -0.25) is 14.4 Å². The van der Waals surface area contributed by atoms with Crippen molar-refractivity contribution in [2.24, 2.45) is 5.10 Å². The van der Waals surface area contributed by atoms with Gasteiger partial charge in [0, 0.05) is 5.69 Å². The number of hydrazone groups is 1. The molecule has 0 bridgehead atoms. The molecule has 0 fully saturated rings. The number of benzene rings is 3. The van der Waals surface area contributed by atoms with E-state index in [2.05, 4.69) is 21.2 Å². The predicted molar refractivity (Wildman–Crippen MR) is 147 cm³/mol. The lowest BCUT2D eigenvalue weighted by molar-refractivity contribution is -0.136. The molecule has 0 saturated heterocycles. The number of nitrogens with zero attached hydrogens (tertiary/aromatic N) is 1. The van der Waals surface area contributed by atoms with Crippen molar-refractivity contribution in [1.82, 2.24) is 5.43 Å². The largest absolute Gasteiger partial charge is 0.493 e. The molecule has 3 aromatic carbocycles. The van der Waals surface area contributed by atoms with E-state index in [-0.39, 0.29) is 18.2 Å². The van der Waals surface area contributed by atoms with Crippen LogP contribution in [0.25, 0.3) is 0 Å². The smallest absolute Gasteiger partial charge is 0.329 e. The summed E-state index contributed by atoms with van der Waals surface area (Å²) in [6.07, 6.45) is 1.30. The molecular formula is C26H24FIN4O5. The highest BCUT2D eigenvalue weighted by molar-refractivity contribution is 14.1. The number of rotatable bonds is 8. The van der Waals surface area contributed by atoms with Gasteiger partial charge in [0.15, 0.2) is 18.1 Å². The zero-order valence-electron chi connectivity index (χ0n) is 20.2. The van der Waals surface area contributed by atoms with Gasteiger partial charge in [0.05, 0.1) is 22.6 Å². The van der Waals surface area contributed by atoms with Crippen LogP contribution in [0.1, 0.15) is 16.7 Å². The van der Waals surface area contributed by atoms with Crippen LogP contribution in [0.2, 0.25) is 0 Å². The molecule has 11 heteroatoms. The Kier molecular flexibility index (Phi) is 9.55. The molecule has 0 radical (unpaired) electrons. The Bertz CT molecular complexity index is 1360. The normalized spacial score (nSPS) is 10.6. The van der Waals surface area contributed by atoms with Crippen LogP contribution >= 0.6 is 22.6 Å². The minimum atomic E-state index is -1.07. The fraction of sp³-hybridized carbons (Fsp3) is 0.154. The van der Waals surface area contributed by atoms with E-state index >= 15 is 0 Å². The highest BCUT2D eigenvalue weighted by Gasteiger charge is 2.16. The second-order valence-corrected chi connectivity index (χ2v) is 8.91. The lowest BCUT2D eigenvalue weighted by atomic mass is 10.1. The number of anilines is 2. The molecule has 0 heterocycles. The van der Waals surface area contributed by atoms with Gasteiger partial charge in [0.25, 0.3) is 5.91 Å². The van der Waals surface area contributed by atoms with Crippen LogP contribution in [0.4, 0.5) is 15.8 Å². The van der Waals surface area contributed by atoms with E-state index in [4.69, 9.17) is 9.47 Å². The van der Waals surface area contributed by atoms with E-state index in [9.17, 15) is 18.8 Å². The number of aryl methyl sites for hydroxylation is 1. The molecule has 3 amide bonds. The predicted octanol–water partition coefficient (Wildman–Crippen LogP) is 4.16. The van der Waals surface area contributed by atoms with Crippen LogP contribution in [0.15, 0.2) is 59.7 Å². The third-order valence-corrected chi connectivity index (χ3v) is 5.99. The summed E-state index contributed by atoms with van der Waals surface area (Å²) in [5.74, 6) is -2.43. The van der Waals surface area contributed by atoms with Crippen molar-refractivity contribution >= 4 is 57.9 Å². The quantitative estimate of drug-likeness (QED) is 0.152. The maximum Gasteiger partial charge on any atom is 0.329 e.